The van der Waals surface area contributed by atoms with Gasteiger partial charge in [0.2, 0.25) is 11.9 Å². The molecule has 0 aliphatic heterocycles. The van der Waals surface area contributed by atoms with Crippen LogP contribution in [0.5, 0.6) is 11.5 Å². The third kappa shape index (κ3) is 4.82. The topological polar surface area (TPSA) is 98.9 Å². The quantitative estimate of drug-likeness (QED) is 0.433. The fourth-order valence-electron chi connectivity index (χ4n) is 3.64. The second-order valence-electron chi connectivity index (χ2n) is 8.91. The highest BCUT2D eigenvalue weighted by Crippen LogP contribution is 2.30. The van der Waals surface area contributed by atoms with Gasteiger partial charge in [0.15, 0.2) is 5.82 Å². The Hall–Kier alpha value is -3.88. The molecular weight excluding hydrogens is 418 g/mol. The van der Waals surface area contributed by atoms with Crippen LogP contribution in [0.1, 0.15) is 40.3 Å². The summed E-state index contributed by atoms with van der Waals surface area (Å²) >= 11 is 0. The summed E-state index contributed by atoms with van der Waals surface area (Å²) in [5.41, 5.74) is 2.91. The van der Waals surface area contributed by atoms with Gasteiger partial charge in [-0.05, 0) is 25.1 Å². The number of nitrogens with one attached hydrogen (secondary N) is 2. The molecule has 0 fully saturated rings. The molecule has 0 saturated carbocycles. The lowest BCUT2D eigenvalue weighted by atomic mass is 9.92. The number of pyridine rings is 1. The molecule has 0 aliphatic carbocycles. The minimum Gasteiger partial charge on any atom is -0.457 e. The van der Waals surface area contributed by atoms with Crippen molar-refractivity contribution in [3.8, 4) is 11.5 Å². The number of fused-ring (bicyclic) bond motifs is 1. The first-order valence-corrected chi connectivity index (χ1v) is 10.9. The molecular formula is C24H29N7O2. The summed E-state index contributed by atoms with van der Waals surface area (Å²) in [5, 5.41) is 10.7. The van der Waals surface area contributed by atoms with Crippen molar-refractivity contribution < 1.29 is 9.53 Å². The van der Waals surface area contributed by atoms with Gasteiger partial charge in [0.05, 0.1) is 11.0 Å². The molecule has 0 saturated heterocycles. The number of aryl methyl sites for hydroxylation is 2. The zero-order valence-corrected chi connectivity index (χ0v) is 19.8. The highest BCUT2D eigenvalue weighted by atomic mass is 16.5. The van der Waals surface area contributed by atoms with Gasteiger partial charge < -0.3 is 19.9 Å². The minimum atomic E-state index is -0.186. The molecule has 172 valence electrons. The van der Waals surface area contributed by atoms with Crippen LogP contribution in [0.15, 0.2) is 42.6 Å². The number of anilines is 3. The van der Waals surface area contributed by atoms with E-state index in [1.54, 1.807) is 18.3 Å². The lowest BCUT2D eigenvalue weighted by Crippen LogP contribution is -2.17. The number of carbonyl (C=O) groups is 1. The number of amides is 1. The number of benzene rings is 1. The van der Waals surface area contributed by atoms with Crippen LogP contribution in [0.3, 0.4) is 0 Å². The van der Waals surface area contributed by atoms with E-state index in [-0.39, 0.29) is 11.3 Å². The highest BCUT2D eigenvalue weighted by molar-refractivity contribution is 5.87. The van der Waals surface area contributed by atoms with Crippen molar-refractivity contribution in [3.05, 3.63) is 48.3 Å². The van der Waals surface area contributed by atoms with Crippen molar-refractivity contribution >= 4 is 34.5 Å². The Labute approximate surface area is 192 Å². The second kappa shape index (κ2) is 8.57. The van der Waals surface area contributed by atoms with Gasteiger partial charge in [-0.3, -0.25) is 9.48 Å². The Morgan fingerprint density at radius 1 is 1.09 bits per heavy atom. The van der Waals surface area contributed by atoms with E-state index < -0.39 is 0 Å². The standard InChI is InChI=1S/C24H29N7O2/c1-7-31-20(24(3,4)5)14-22(29-31)28-23-27-18-9-8-16(12-19(18)30(23)6)33-17-10-11-25-21(13-17)26-15(2)32/h8-14H,7H2,1-6H3,(H,25,26,32)(H,27,28,29). The van der Waals surface area contributed by atoms with Gasteiger partial charge in [-0.1, -0.05) is 20.8 Å². The van der Waals surface area contributed by atoms with Crippen LogP contribution in [-0.4, -0.2) is 30.2 Å². The normalized spacial score (nSPS) is 11.6. The van der Waals surface area contributed by atoms with Crippen molar-refractivity contribution in [1.29, 1.82) is 0 Å². The molecule has 2 N–H and O–H groups in total. The summed E-state index contributed by atoms with van der Waals surface area (Å²) in [6.07, 6.45) is 1.59. The van der Waals surface area contributed by atoms with Crippen LogP contribution in [0.2, 0.25) is 0 Å². The molecule has 0 aliphatic rings. The van der Waals surface area contributed by atoms with Gasteiger partial charge in [0.1, 0.15) is 17.3 Å². The second-order valence-corrected chi connectivity index (χ2v) is 8.91. The molecule has 1 aromatic carbocycles. The molecule has 0 unspecified atom stereocenters. The number of hydrogen-bond acceptors (Lipinski definition) is 6. The molecule has 3 heterocycles. The number of hydrogen-bond donors (Lipinski definition) is 2. The predicted molar refractivity (Wildman–Crippen MR) is 129 cm³/mol. The Morgan fingerprint density at radius 3 is 2.52 bits per heavy atom. The Kier molecular flexibility index (Phi) is 5.80. The van der Waals surface area contributed by atoms with E-state index in [0.717, 1.165) is 29.1 Å². The largest absolute Gasteiger partial charge is 0.457 e. The molecule has 0 atom stereocenters. The average molecular weight is 448 g/mol. The Bertz CT molecular complexity index is 1310. The first-order chi connectivity index (χ1) is 15.6. The number of rotatable bonds is 6. The molecule has 1 amide bonds. The van der Waals surface area contributed by atoms with Crippen LogP contribution in [0.25, 0.3) is 11.0 Å². The molecule has 0 spiro atoms. The summed E-state index contributed by atoms with van der Waals surface area (Å²) in [7, 11) is 1.95. The summed E-state index contributed by atoms with van der Waals surface area (Å²) in [6.45, 7) is 10.9. The smallest absolute Gasteiger partial charge is 0.222 e. The van der Waals surface area contributed by atoms with E-state index in [9.17, 15) is 4.79 Å². The van der Waals surface area contributed by atoms with Crippen molar-refractivity contribution in [2.45, 2.75) is 46.6 Å². The van der Waals surface area contributed by atoms with Gasteiger partial charge in [0, 0.05) is 56.0 Å². The molecule has 33 heavy (non-hydrogen) atoms. The lowest BCUT2D eigenvalue weighted by molar-refractivity contribution is -0.114. The number of ether oxygens (including phenoxy) is 1. The zero-order chi connectivity index (χ0) is 23.8. The first-order valence-electron chi connectivity index (χ1n) is 10.9. The minimum absolute atomic E-state index is 0.00566. The SMILES string of the molecule is CCn1nc(Nc2nc3ccc(Oc4ccnc(NC(C)=O)c4)cc3n2C)cc1C(C)(C)C. The molecule has 9 nitrogen and oxygen atoms in total. The summed E-state index contributed by atoms with van der Waals surface area (Å²) in [5.74, 6) is 2.94. The highest BCUT2D eigenvalue weighted by Gasteiger charge is 2.21. The maximum Gasteiger partial charge on any atom is 0.222 e. The van der Waals surface area contributed by atoms with E-state index in [0.29, 0.717) is 23.3 Å². The zero-order valence-electron chi connectivity index (χ0n) is 19.8. The van der Waals surface area contributed by atoms with E-state index in [1.165, 1.54) is 6.92 Å². The summed E-state index contributed by atoms with van der Waals surface area (Å²) < 4.78 is 9.98. The van der Waals surface area contributed by atoms with E-state index in [1.807, 2.05) is 34.5 Å². The van der Waals surface area contributed by atoms with Crippen LogP contribution in [0, 0.1) is 0 Å². The van der Waals surface area contributed by atoms with Gasteiger partial charge >= 0.3 is 0 Å². The van der Waals surface area contributed by atoms with Gasteiger partial charge in [-0.15, -0.1) is 0 Å². The summed E-state index contributed by atoms with van der Waals surface area (Å²) in [4.78, 5) is 20.1. The maximum atomic E-state index is 11.3. The van der Waals surface area contributed by atoms with Gasteiger partial charge in [-0.2, -0.15) is 5.10 Å². The molecule has 0 bridgehead atoms. The molecule has 0 radical (unpaired) electrons. The number of nitrogens with zero attached hydrogens (tertiary/aromatic N) is 5. The van der Waals surface area contributed by atoms with E-state index >= 15 is 0 Å². The van der Waals surface area contributed by atoms with E-state index in [4.69, 9.17) is 14.8 Å². The fraction of sp³-hybridized carbons (Fsp3) is 0.333. The van der Waals surface area contributed by atoms with Crippen molar-refractivity contribution in [2.75, 3.05) is 10.6 Å². The van der Waals surface area contributed by atoms with Crippen LogP contribution >= 0.6 is 0 Å². The van der Waals surface area contributed by atoms with Crippen LogP contribution in [-0.2, 0) is 23.8 Å². The fourth-order valence-corrected chi connectivity index (χ4v) is 3.64. The Balaban J connectivity index is 1.59. The lowest BCUT2D eigenvalue weighted by Gasteiger charge is -2.19. The van der Waals surface area contributed by atoms with Gasteiger partial charge in [0.25, 0.3) is 0 Å². The van der Waals surface area contributed by atoms with E-state index in [2.05, 4.69) is 49.4 Å². The number of imidazole rings is 1. The maximum absolute atomic E-state index is 11.3. The molecule has 3 aromatic heterocycles. The van der Waals surface area contributed by atoms with Gasteiger partial charge in [-0.25, -0.2) is 9.97 Å². The first kappa shape index (κ1) is 22.3. The third-order valence-electron chi connectivity index (χ3n) is 5.21. The molecule has 4 rings (SSSR count). The number of aromatic nitrogens is 5. The van der Waals surface area contributed by atoms with Crippen molar-refractivity contribution in [1.82, 2.24) is 24.3 Å². The average Bonchev–Trinajstić information content (AvgIpc) is 3.29. The molecule has 9 heteroatoms. The van der Waals surface area contributed by atoms with Crippen molar-refractivity contribution in [2.24, 2.45) is 7.05 Å². The van der Waals surface area contributed by atoms with Crippen LogP contribution < -0.4 is 15.4 Å². The monoisotopic (exact) mass is 447 g/mol. The van der Waals surface area contributed by atoms with Crippen LogP contribution in [0.4, 0.5) is 17.6 Å². The number of carbonyl (C=O) groups excluding carboxylic acids is 1. The molecule has 4 aromatic rings. The van der Waals surface area contributed by atoms with Crippen molar-refractivity contribution in [3.63, 3.8) is 0 Å². The third-order valence-corrected chi connectivity index (χ3v) is 5.21. The Morgan fingerprint density at radius 2 is 1.85 bits per heavy atom. The predicted octanol–water partition coefficient (Wildman–Crippen LogP) is 4.98. The summed E-state index contributed by atoms with van der Waals surface area (Å²) in [6, 6.07) is 11.2.